The van der Waals surface area contributed by atoms with Crippen LogP contribution in [0.1, 0.15) is 13.3 Å². The predicted molar refractivity (Wildman–Crippen MR) is 63.7 cm³/mol. The van der Waals surface area contributed by atoms with Crippen molar-refractivity contribution in [3.8, 4) is 0 Å². The molecule has 0 aliphatic heterocycles. The van der Waals surface area contributed by atoms with E-state index in [0.29, 0.717) is 10.9 Å². The molecular weight excluding hydrogens is 226 g/mol. The van der Waals surface area contributed by atoms with E-state index in [1.807, 2.05) is 13.0 Å². The van der Waals surface area contributed by atoms with Crippen LogP contribution in [0, 0.1) is 0 Å². The zero-order chi connectivity index (χ0) is 11.4. The minimum atomic E-state index is 0.411. The molecule has 84 valence electrons. The highest BCUT2D eigenvalue weighted by atomic mass is 35.5. The van der Waals surface area contributed by atoms with Crippen molar-refractivity contribution in [2.24, 2.45) is 0 Å². The first-order valence-corrected chi connectivity index (χ1v) is 5.40. The van der Waals surface area contributed by atoms with Gasteiger partial charge in [0, 0.05) is 12.6 Å². The average molecular weight is 238 g/mol. The first kappa shape index (κ1) is 10.9. The number of allylic oxidation sites excluding steroid dienone is 1. The van der Waals surface area contributed by atoms with Gasteiger partial charge in [-0.3, -0.25) is 0 Å². The third-order valence-electron chi connectivity index (χ3n) is 2.07. The number of halogens is 1. The number of anilines is 1. The molecule has 0 aliphatic rings. The summed E-state index contributed by atoms with van der Waals surface area (Å²) in [7, 11) is 0. The molecule has 2 aromatic heterocycles. The van der Waals surface area contributed by atoms with Gasteiger partial charge in [0.05, 0.1) is 0 Å². The van der Waals surface area contributed by atoms with E-state index in [9.17, 15) is 0 Å². The number of hydrogen-bond acceptors (Lipinski definition) is 4. The Kier molecular flexibility index (Phi) is 3.36. The van der Waals surface area contributed by atoms with Gasteiger partial charge in [-0.05, 0) is 13.3 Å². The van der Waals surface area contributed by atoms with E-state index >= 15 is 0 Å². The van der Waals surface area contributed by atoms with E-state index in [2.05, 4.69) is 26.5 Å². The SMILES string of the molecule is C/C=C/CCNc1cc(Cl)nc2ncnn12. The molecule has 1 N–H and O–H groups in total. The maximum Gasteiger partial charge on any atom is 0.255 e. The lowest BCUT2D eigenvalue weighted by Gasteiger charge is -2.06. The van der Waals surface area contributed by atoms with Crippen molar-refractivity contribution in [1.82, 2.24) is 19.6 Å². The number of fused-ring (bicyclic) bond motifs is 1. The Balaban J connectivity index is 2.18. The van der Waals surface area contributed by atoms with Crippen LogP contribution in [0.5, 0.6) is 0 Å². The number of nitrogens with zero attached hydrogens (tertiary/aromatic N) is 4. The summed E-state index contributed by atoms with van der Waals surface area (Å²) in [6.07, 6.45) is 6.52. The molecule has 5 nitrogen and oxygen atoms in total. The minimum Gasteiger partial charge on any atom is -0.370 e. The molecule has 0 fully saturated rings. The van der Waals surface area contributed by atoms with E-state index in [1.165, 1.54) is 6.33 Å². The summed E-state index contributed by atoms with van der Waals surface area (Å²) >= 11 is 5.87. The molecule has 2 heterocycles. The number of aromatic nitrogens is 4. The number of hydrogen-bond donors (Lipinski definition) is 1. The number of rotatable bonds is 4. The maximum absolute atomic E-state index is 5.87. The summed E-state index contributed by atoms with van der Waals surface area (Å²) in [5.74, 6) is 1.30. The Morgan fingerprint density at radius 3 is 3.25 bits per heavy atom. The Bertz CT molecular complexity index is 505. The topological polar surface area (TPSA) is 55.1 Å². The fourth-order valence-electron chi connectivity index (χ4n) is 1.36. The van der Waals surface area contributed by atoms with Gasteiger partial charge in [-0.25, -0.2) is 0 Å². The lowest BCUT2D eigenvalue weighted by atomic mass is 10.4. The van der Waals surface area contributed by atoms with Gasteiger partial charge >= 0.3 is 0 Å². The fraction of sp³-hybridized carbons (Fsp3) is 0.300. The third-order valence-corrected chi connectivity index (χ3v) is 2.27. The first-order chi connectivity index (χ1) is 7.81. The molecule has 2 rings (SSSR count). The molecular formula is C10H12ClN5. The monoisotopic (exact) mass is 237 g/mol. The molecule has 0 spiro atoms. The standard InChI is InChI=1S/C10H12ClN5/c1-2-3-4-5-12-9-6-8(11)15-10-13-7-14-16(9)10/h2-3,6-7,12H,4-5H2,1H3/b3-2+. The zero-order valence-electron chi connectivity index (χ0n) is 8.89. The van der Waals surface area contributed by atoms with Gasteiger partial charge in [-0.1, -0.05) is 23.8 Å². The second-order valence-corrected chi connectivity index (χ2v) is 3.61. The van der Waals surface area contributed by atoms with E-state index in [1.54, 1.807) is 10.6 Å². The van der Waals surface area contributed by atoms with Crippen LogP contribution in [-0.2, 0) is 0 Å². The second-order valence-electron chi connectivity index (χ2n) is 3.22. The molecule has 16 heavy (non-hydrogen) atoms. The van der Waals surface area contributed by atoms with Crippen molar-refractivity contribution in [2.75, 3.05) is 11.9 Å². The van der Waals surface area contributed by atoms with Crippen molar-refractivity contribution in [2.45, 2.75) is 13.3 Å². The molecule has 0 saturated heterocycles. The summed E-state index contributed by atoms with van der Waals surface area (Å²) in [4.78, 5) is 8.03. The van der Waals surface area contributed by atoms with Gasteiger partial charge in [0.25, 0.3) is 5.78 Å². The van der Waals surface area contributed by atoms with Crippen molar-refractivity contribution in [1.29, 1.82) is 0 Å². The molecule has 0 unspecified atom stereocenters. The van der Waals surface area contributed by atoms with Crippen LogP contribution < -0.4 is 5.32 Å². The van der Waals surface area contributed by atoms with E-state index < -0.39 is 0 Å². The van der Waals surface area contributed by atoms with Gasteiger partial charge < -0.3 is 5.32 Å². The molecule has 0 aliphatic carbocycles. The lowest BCUT2D eigenvalue weighted by Crippen LogP contribution is -2.07. The summed E-state index contributed by atoms with van der Waals surface area (Å²) in [5, 5.41) is 7.71. The summed E-state index contributed by atoms with van der Waals surface area (Å²) in [6, 6.07) is 1.74. The van der Waals surface area contributed by atoms with Gasteiger partial charge in [-0.15, -0.1) is 0 Å². The van der Waals surface area contributed by atoms with Gasteiger partial charge in [0.15, 0.2) is 0 Å². The second kappa shape index (κ2) is 4.94. The Labute approximate surface area is 98.2 Å². The highest BCUT2D eigenvalue weighted by molar-refractivity contribution is 6.29. The van der Waals surface area contributed by atoms with Crippen LogP contribution in [-0.4, -0.2) is 26.1 Å². The number of nitrogens with one attached hydrogen (secondary N) is 1. The van der Waals surface area contributed by atoms with Crippen molar-refractivity contribution in [3.63, 3.8) is 0 Å². The van der Waals surface area contributed by atoms with Crippen molar-refractivity contribution in [3.05, 3.63) is 29.7 Å². The van der Waals surface area contributed by atoms with Crippen LogP contribution >= 0.6 is 11.6 Å². The minimum absolute atomic E-state index is 0.411. The predicted octanol–water partition coefficient (Wildman–Crippen LogP) is 2.16. The largest absolute Gasteiger partial charge is 0.370 e. The van der Waals surface area contributed by atoms with Crippen LogP contribution in [0.15, 0.2) is 24.5 Å². The van der Waals surface area contributed by atoms with Gasteiger partial charge in [0.2, 0.25) is 0 Å². The zero-order valence-corrected chi connectivity index (χ0v) is 9.65. The van der Waals surface area contributed by atoms with E-state index in [4.69, 9.17) is 11.6 Å². The lowest BCUT2D eigenvalue weighted by molar-refractivity contribution is 0.920. The maximum atomic E-state index is 5.87. The van der Waals surface area contributed by atoms with Crippen LogP contribution in [0.25, 0.3) is 5.78 Å². The van der Waals surface area contributed by atoms with E-state index in [-0.39, 0.29) is 0 Å². The van der Waals surface area contributed by atoms with Gasteiger partial charge in [0.1, 0.15) is 17.3 Å². The van der Waals surface area contributed by atoms with Crippen LogP contribution in [0.4, 0.5) is 5.82 Å². The molecule has 0 saturated carbocycles. The van der Waals surface area contributed by atoms with Crippen LogP contribution in [0.3, 0.4) is 0 Å². The molecule has 0 aromatic carbocycles. The summed E-state index contributed by atoms with van der Waals surface area (Å²) in [6.45, 7) is 2.82. The summed E-state index contributed by atoms with van der Waals surface area (Å²) in [5.41, 5.74) is 0. The molecule has 6 heteroatoms. The Morgan fingerprint density at radius 1 is 1.56 bits per heavy atom. The normalized spacial score (nSPS) is 11.4. The molecule has 0 bridgehead atoms. The average Bonchev–Trinajstić information content (AvgIpc) is 2.72. The van der Waals surface area contributed by atoms with Crippen molar-refractivity contribution >= 4 is 23.2 Å². The highest BCUT2D eigenvalue weighted by Gasteiger charge is 2.04. The van der Waals surface area contributed by atoms with E-state index in [0.717, 1.165) is 18.8 Å². The molecule has 0 atom stereocenters. The smallest absolute Gasteiger partial charge is 0.255 e. The third kappa shape index (κ3) is 2.30. The quantitative estimate of drug-likeness (QED) is 0.503. The summed E-state index contributed by atoms with van der Waals surface area (Å²) < 4.78 is 1.63. The Hall–Kier alpha value is -1.62. The fourth-order valence-corrected chi connectivity index (χ4v) is 1.54. The highest BCUT2D eigenvalue weighted by Crippen LogP contribution is 2.14. The van der Waals surface area contributed by atoms with Crippen LogP contribution in [0.2, 0.25) is 5.15 Å². The molecule has 0 radical (unpaired) electrons. The van der Waals surface area contributed by atoms with Crippen molar-refractivity contribution < 1.29 is 0 Å². The Morgan fingerprint density at radius 2 is 2.44 bits per heavy atom. The molecule has 0 amide bonds. The molecule has 2 aromatic rings. The van der Waals surface area contributed by atoms with Gasteiger partial charge in [-0.2, -0.15) is 19.6 Å². The first-order valence-electron chi connectivity index (χ1n) is 5.02.